The summed E-state index contributed by atoms with van der Waals surface area (Å²) in [4.78, 5) is 12.2. The molecule has 8 nitrogen and oxygen atoms in total. The standard InChI is InChI=1S/C11H15N7O/c1-6-3-4-9(14-12)8(5-6)11(19)13-7(2)10-15-17-18-16-10/h3-5,7,14H,12H2,1-2H3,(H,13,19)(H,15,16,17,18). The Hall–Kier alpha value is -2.48. The molecule has 2 rings (SSSR count). The number of anilines is 1. The maximum atomic E-state index is 12.2. The third kappa shape index (κ3) is 2.86. The van der Waals surface area contributed by atoms with Gasteiger partial charge in [0.25, 0.3) is 5.91 Å². The van der Waals surface area contributed by atoms with E-state index in [0.29, 0.717) is 17.1 Å². The number of hydrogen-bond donors (Lipinski definition) is 4. The van der Waals surface area contributed by atoms with Gasteiger partial charge in [-0.1, -0.05) is 16.8 Å². The van der Waals surface area contributed by atoms with Gasteiger partial charge in [-0.15, -0.1) is 10.2 Å². The Bertz CT molecular complexity index is 566. The normalized spacial score (nSPS) is 11.9. The highest BCUT2D eigenvalue weighted by Crippen LogP contribution is 2.17. The van der Waals surface area contributed by atoms with E-state index in [2.05, 4.69) is 31.4 Å². The van der Waals surface area contributed by atoms with E-state index in [0.717, 1.165) is 5.56 Å². The lowest BCUT2D eigenvalue weighted by atomic mass is 10.1. The number of tetrazole rings is 1. The highest BCUT2D eigenvalue weighted by molar-refractivity contribution is 5.99. The topological polar surface area (TPSA) is 122 Å². The third-order valence-electron chi connectivity index (χ3n) is 2.67. The van der Waals surface area contributed by atoms with Gasteiger partial charge in [-0.2, -0.15) is 5.21 Å². The molecule has 0 aliphatic heterocycles. The van der Waals surface area contributed by atoms with Crippen LogP contribution in [0.5, 0.6) is 0 Å². The van der Waals surface area contributed by atoms with Crippen LogP contribution in [-0.4, -0.2) is 26.5 Å². The molecule has 0 spiro atoms. The van der Waals surface area contributed by atoms with Gasteiger partial charge in [0.2, 0.25) is 0 Å². The number of benzene rings is 1. The van der Waals surface area contributed by atoms with E-state index in [1.165, 1.54) is 0 Å². The fourth-order valence-electron chi connectivity index (χ4n) is 1.66. The van der Waals surface area contributed by atoms with Crippen molar-refractivity contribution in [2.75, 3.05) is 5.43 Å². The third-order valence-corrected chi connectivity index (χ3v) is 2.67. The molecule has 1 aromatic heterocycles. The second-order valence-electron chi connectivity index (χ2n) is 4.16. The number of rotatable bonds is 4. The smallest absolute Gasteiger partial charge is 0.254 e. The van der Waals surface area contributed by atoms with Gasteiger partial charge < -0.3 is 10.7 Å². The average Bonchev–Trinajstić information content (AvgIpc) is 2.92. The zero-order chi connectivity index (χ0) is 13.8. The van der Waals surface area contributed by atoms with Gasteiger partial charge in [-0.3, -0.25) is 10.6 Å². The quantitative estimate of drug-likeness (QED) is 0.463. The van der Waals surface area contributed by atoms with Crippen molar-refractivity contribution in [3.63, 3.8) is 0 Å². The Morgan fingerprint density at radius 2 is 2.26 bits per heavy atom. The molecule has 0 fully saturated rings. The lowest BCUT2D eigenvalue weighted by Gasteiger charge is -2.13. The molecule has 0 bridgehead atoms. The van der Waals surface area contributed by atoms with E-state index in [9.17, 15) is 4.79 Å². The summed E-state index contributed by atoms with van der Waals surface area (Å²) in [5.41, 5.74) is 4.50. The number of nitrogens with two attached hydrogens (primary N) is 1. The minimum Gasteiger partial charge on any atom is -0.342 e. The first-order chi connectivity index (χ1) is 9.11. The maximum absolute atomic E-state index is 12.2. The molecule has 1 amide bonds. The zero-order valence-electron chi connectivity index (χ0n) is 10.6. The van der Waals surface area contributed by atoms with Gasteiger partial charge in [-0.25, -0.2) is 0 Å². The Kier molecular flexibility index (Phi) is 3.71. The summed E-state index contributed by atoms with van der Waals surface area (Å²) >= 11 is 0. The second kappa shape index (κ2) is 5.44. The number of aromatic amines is 1. The molecule has 1 atom stereocenters. The summed E-state index contributed by atoms with van der Waals surface area (Å²) in [6.07, 6.45) is 0. The summed E-state index contributed by atoms with van der Waals surface area (Å²) in [6.45, 7) is 3.67. The van der Waals surface area contributed by atoms with Crippen LogP contribution in [0.1, 0.15) is 34.7 Å². The van der Waals surface area contributed by atoms with Gasteiger partial charge in [0.15, 0.2) is 5.82 Å². The van der Waals surface area contributed by atoms with E-state index in [-0.39, 0.29) is 11.9 Å². The molecule has 1 heterocycles. The van der Waals surface area contributed by atoms with Crippen molar-refractivity contribution in [1.82, 2.24) is 25.9 Å². The van der Waals surface area contributed by atoms with Crippen molar-refractivity contribution in [3.05, 3.63) is 35.2 Å². The number of amides is 1. The number of nitrogen functional groups attached to an aromatic ring is 1. The minimum absolute atomic E-state index is 0.256. The number of hydrazine groups is 1. The van der Waals surface area contributed by atoms with Crippen LogP contribution in [0.3, 0.4) is 0 Å². The van der Waals surface area contributed by atoms with E-state index in [4.69, 9.17) is 5.84 Å². The maximum Gasteiger partial charge on any atom is 0.254 e. The molecule has 0 saturated carbocycles. The van der Waals surface area contributed by atoms with Crippen LogP contribution in [0.25, 0.3) is 0 Å². The van der Waals surface area contributed by atoms with Crippen molar-refractivity contribution in [3.8, 4) is 0 Å². The van der Waals surface area contributed by atoms with Crippen LogP contribution < -0.4 is 16.6 Å². The van der Waals surface area contributed by atoms with Crippen LogP contribution in [0.2, 0.25) is 0 Å². The Balaban J connectivity index is 2.18. The highest BCUT2D eigenvalue weighted by atomic mass is 16.1. The fourth-order valence-corrected chi connectivity index (χ4v) is 1.66. The number of H-pyrrole nitrogens is 1. The summed E-state index contributed by atoms with van der Waals surface area (Å²) < 4.78 is 0. The van der Waals surface area contributed by atoms with E-state index in [1.54, 1.807) is 19.1 Å². The number of hydrogen-bond acceptors (Lipinski definition) is 6. The Morgan fingerprint density at radius 1 is 1.47 bits per heavy atom. The van der Waals surface area contributed by atoms with Crippen molar-refractivity contribution >= 4 is 11.6 Å². The molecule has 0 aliphatic rings. The summed E-state index contributed by atoms with van der Waals surface area (Å²) in [7, 11) is 0. The lowest BCUT2D eigenvalue weighted by molar-refractivity contribution is 0.0939. The molecule has 0 radical (unpaired) electrons. The number of carbonyl (C=O) groups is 1. The molecule has 0 saturated heterocycles. The first-order valence-corrected chi connectivity index (χ1v) is 5.73. The van der Waals surface area contributed by atoms with Crippen LogP contribution in [0.4, 0.5) is 5.69 Å². The monoisotopic (exact) mass is 261 g/mol. The van der Waals surface area contributed by atoms with Crippen molar-refractivity contribution in [2.24, 2.45) is 5.84 Å². The van der Waals surface area contributed by atoms with Gasteiger partial charge in [-0.05, 0) is 26.0 Å². The molecule has 0 aliphatic carbocycles. The summed E-state index contributed by atoms with van der Waals surface area (Å²) in [6, 6.07) is 5.03. The van der Waals surface area contributed by atoms with Crippen molar-refractivity contribution in [2.45, 2.75) is 19.9 Å². The molecule has 19 heavy (non-hydrogen) atoms. The number of carbonyl (C=O) groups excluding carboxylic acids is 1. The van der Waals surface area contributed by atoms with Crippen LogP contribution in [-0.2, 0) is 0 Å². The molecule has 5 N–H and O–H groups in total. The number of nitrogens with zero attached hydrogens (tertiary/aromatic N) is 3. The molecular formula is C11H15N7O. The number of aryl methyl sites for hydroxylation is 1. The van der Waals surface area contributed by atoms with E-state index in [1.807, 2.05) is 13.0 Å². The lowest BCUT2D eigenvalue weighted by Crippen LogP contribution is -2.28. The van der Waals surface area contributed by atoms with E-state index < -0.39 is 0 Å². The van der Waals surface area contributed by atoms with Crippen molar-refractivity contribution < 1.29 is 4.79 Å². The van der Waals surface area contributed by atoms with Gasteiger partial charge in [0.1, 0.15) is 0 Å². The SMILES string of the molecule is Cc1ccc(NN)c(C(=O)NC(C)c2nn[nH]n2)c1. The minimum atomic E-state index is -0.350. The predicted octanol–water partition coefficient (Wildman–Crippen LogP) is 0.285. The first kappa shape index (κ1) is 13.0. The van der Waals surface area contributed by atoms with Crippen LogP contribution in [0.15, 0.2) is 18.2 Å². The Morgan fingerprint density at radius 3 is 2.89 bits per heavy atom. The second-order valence-corrected chi connectivity index (χ2v) is 4.16. The van der Waals surface area contributed by atoms with Crippen LogP contribution in [0, 0.1) is 6.92 Å². The molecule has 1 aromatic carbocycles. The fraction of sp³-hybridized carbons (Fsp3) is 0.273. The molecule has 1 unspecified atom stereocenters. The van der Waals surface area contributed by atoms with Gasteiger partial charge >= 0.3 is 0 Å². The molecule has 8 heteroatoms. The van der Waals surface area contributed by atoms with Crippen LogP contribution >= 0.6 is 0 Å². The average molecular weight is 261 g/mol. The summed E-state index contributed by atoms with van der Waals surface area (Å²) in [5, 5.41) is 16.2. The molecule has 100 valence electrons. The van der Waals surface area contributed by atoms with Crippen molar-refractivity contribution in [1.29, 1.82) is 0 Å². The predicted molar refractivity (Wildman–Crippen MR) is 69.0 cm³/mol. The summed E-state index contributed by atoms with van der Waals surface area (Å²) in [5.74, 6) is 5.56. The van der Waals surface area contributed by atoms with Gasteiger partial charge in [0, 0.05) is 0 Å². The van der Waals surface area contributed by atoms with E-state index >= 15 is 0 Å². The van der Waals surface area contributed by atoms with Gasteiger partial charge in [0.05, 0.1) is 17.3 Å². The largest absolute Gasteiger partial charge is 0.342 e. The number of aromatic nitrogens is 4. The first-order valence-electron chi connectivity index (χ1n) is 5.73. The Labute approximate surface area is 109 Å². The molecule has 2 aromatic rings. The number of nitrogens with one attached hydrogen (secondary N) is 3. The highest BCUT2D eigenvalue weighted by Gasteiger charge is 2.17. The zero-order valence-corrected chi connectivity index (χ0v) is 10.6. The molecular weight excluding hydrogens is 246 g/mol.